The van der Waals surface area contributed by atoms with Crippen molar-refractivity contribution in [2.75, 3.05) is 0 Å². The third kappa shape index (κ3) is 7.02. The largest absolute Gasteiger partial charge is 0.255 e. The normalized spacial score (nSPS) is 11.1. The standard InChI is InChI=1S/C53H41N5/c1-32-25-34(3)49(35(4)26-32)46-22-21-40-19-20-42-29-41(51(58-53(42)52(40)57-46)50-36(5)27-33(2)28-37(50)6)18-15-38-13-16-39(17-14-38)43-30-47(44-11-7-9-23-54-44)56-48(31-43)45-12-8-10-24-55-45/h7-14,16-17,19-31H,1-6H3. The van der Waals surface area contributed by atoms with Crippen LogP contribution in [0.5, 0.6) is 0 Å². The maximum atomic E-state index is 5.47. The molecule has 5 nitrogen and oxygen atoms in total. The molecule has 0 fully saturated rings. The van der Waals surface area contributed by atoms with E-state index in [1.165, 1.54) is 38.9 Å². The van der Waals surface area contributed by atoms with Gasteiger partial charge in [0.05, 0.1) is 50.8 Å². The number of aryl methyl sites for hydroxylation is 6. The van der Waals surface area contributed by atoms with E-state index < -0.39 is 0 Å². The third-order valence-corrected chi connectivity index (χ3v) is 10.7. The van der Waals surface area contributed by atoms with Gasteiger partial charge in [0.15, 0.2) is 0 Å². The van der Waals surface area contributed by atoms with Crippen molar-refractivity contribution in [1.82, 2.24) is 24.9 Å². The predicted molar refractivity (Wildman–Crippen MR) is 238 cm³/mol. The Kier molecular flexibility index (Phi) is 9.39. The van der Waals surface area contributed by atoms with Gasteiger partial charge in [-0.15, -0.1) is 0 Å². The Morgan fingerprint density at radius 3 is 1.53 bits per heavy atom. The summed E-state index contributed by atoms with van der Waals surface area (Å²) in [5, 5.41) is 2.06. The summed E-state index contributed by atoms with van der Waals surface area (Å²) in [4.78, 5) is 24.9. The Morgan fingerprint density at radius 2 is 0.948 bits per heavy atom. The predicted octanol–water partition coefficient (Wildman–Crippen LogP) is 12.6. The number of hydrogen-bond acceptors (Lipinski definition) is 5. The summed E-state index contributed by atoms with van der Waals surface area (Å²) in [7, 11) is 0. The summed E-state index contributed by atoms with van der Waals surface area (Å²) in [5.41, 5.74) is 20.2. The number of fused-ring (bicyclic) bond motifs is 3. The average Bonchev–Trinajstić information content (AvgIpc) is 3.23. The Hall–Kier alpha value is -7.29. The topological polar surface area (TPSA) is 64.5 Å². The molecule has 0 aliphatic carbocycles. The van der Waals surface area contributed by atoms with Crippen LogP contribution in [-0.4, -0.2) is 24.9 Å². The number of rotatable bonds is 5. The van der Waals surface area contributed by atoms with Crippen molar-refractivity contribution in [2.45, 2.75) is 41.5 Å². The van der Waals surface area contributed by atoms with E-state index in [1.807, 2.05) is 36.4 Å². The highest BCUT2D eigenvalue weighted by molar-refractivity contribution is 6.05. The van der Waals surface area contributed by atoms with Gasteiger partial charge in [-0.2, -0.15) is 0 Å². The van der Waals surface area contributed by atoms with Gasteiger partial charge in [-0.1, -0.05) is 89.7 Å². The lowest BCUT2D eigenvalue weighted by atomic mass is 9.93. The highest BCUT2D eigenvalue weighted by atomic mass is 14.8. The van der Waals surface area contributed by atoms with Crippen LogP contribution in [0.2, 0.25) is 0 Å². The molecule has 0 saturated heterocycles. The van der Waals surface area contributed by atoms with Crippen LogP contribution in [0, 0.1) is 53.4 Å². The second kappa shape index (κ2) is 15.0. The average molecular weight is 748 g/mol. The molecule has 9 rings (SSSR count). The fraction of sp³-hybridized carbons (Fsp3) is 0.113. The van der Waals surface area contributed by atoms with Crippen molar-refractivity contribution >= 4 is 21.8 Å². The number of aromatic nitrogens is 5. The molecule has 5 heterocycles. The van der Waals surface area contributed by atoms with Gasteiger partial charge in [0, 0.05) is 39.9 Å². The minimum atomic E-state index is 0.792. The van der Waals surface area contributed by atoms with Gasteiger partial charge in [-0.05, 0) is 136 Å². The molecule has 0 bridgehead atoms. The monoisotopic (exact) mass is 747 g/mol. The number of benzene rings is 4. The van der Waals surface area contributed by atoms with Crippen LogP contribution in [0.1, 0.15) is 44.5 Å². The molecule has 0 radical (unpaired) electrons. The molecular weight excluding hydrogens is 707 g/mol. The maximum absolute atomic E-state index is 5.47. The minimum absolute atomic E-state index is 0.792. The van der Waals surface area contributed by atoms with Crippen LogP contribution in [0.4, 0.5) is 0 Å². The zero-order chi connectivity index (χ0) is 39.9. The van der Waals surface area contributed by atoms with Crippen molar-refractivity contribution in [3.63, 3.8) is 0 Å². The first kappa shape index (κ1) is 36.4. The van der Waals surface area contributed by atoms with E-state index in [0.29, 0.717) is 0 Å². The van der Waals surface area contributed by atoms with Crippen LogP contribution in [0.25, 0.3) is 78.2 Å². The highest BCUT2D eigenvalue weighted by Crippen LogP contribution is 2.36. The first-order valence-corrected chi connectivity index (χ1v) is 19.6. The molecule has 0 atom stereocenters. The van der Waals surface area contributed by atoms with E-state index >= 15 is 0 Å². The minimum Gasteiger partial charge on any atom is -0.255 e. The molecule has 58 heavy (non-hydrogen) atoms. The van der Waals surface area contributed by atoms with Gasteiger partial charge in [-0.25, -0.2) is 15.0 Å². The molecule has 0 amide bonds. The van der Waals surface area contributed by atoms with Crippen LogP contribution >= 0.6 is 0 Å². The van der Waals surface area contributed by atoms with Crippen molar-refractivity contribution in [3.05, 3.63) is 184 Å². The summed E-state index contributed by atoms with van der Waals surface area (Å²) in [6.45, 7) is 12.9. The molecule has 0 unspecified atom stereocenters. The highest BCUT2D eigenvalue weighted by Gasteiger charge is 2.17. The quantitative estimate of drug-likeness (QED) is 0.130. The van der Waals surface area contributed by atoms with E-state index in [1.54, 1.807) is 12.4 Å². The zero-order valence-electron chi connectivity index (χ0n) is 33.5. The molecule has 5 heteroatoms. The smallest absolute Gasteiger partial charge is 0.0973 e. The Balaban J connectivity index is 1.15. The van der Waals surface area contributed by atoms with E-state index in [9.17, 15) is 0 Å². The Morgan fingerprint density at radius 1 is 0.397 bits per heavy atom. The molecule has 0 N–H and O–H groups in total. The summed E-state index contributed by atoms with van der Waals surface area (Å²) >= 11 is 0. The fourth-order valence-electron chi connectivity index (χ4n) is 8.26. The number of nitrogens with zero attached hydrogens (tertiary/aromatic N) is 5. The second-order valence-electron chi connectivity index (χ2n) is 15.2. The molecule has 278 valence electrons. The molecule has 5 aromatic heterocycles. The summed E-state index contributed by atoms with van der Waals surface area (Å²) in [5.74, 6) is 7.04. The van der Waals surface area contributed by atoms with Crippen LogP contribution < -0.4 is 0 Å². The van der Waals surface area contributed by atoms with Gasteiger partial charge in [-0.3, -0.25) is 9.97 Å². The number of pyridine rings is 5. The van der Waals surface area contributed by atoms with Gasteiger partial charge in [0.2, 0.25) is 0 Å². The van der Waals surface area contributed by atoms with E-state index in [2.05, 4.69) is 154 Å². The van der Waals surface area contributed by atoms with Crippen LogP contribution in [0.3, 0.4) is 0 Å². The first-order valence-electron chi connectivity index (χ1n) is 19.6. The maximum Gasteiger partial charge on any atom is 0.0973 e. The van der Waals surface area contributed by atoms with Crippen molar-refractivity contribution in [1.29, 1.82) is 0 Å². The second-order valence-corrected chi connectivity index (χ2v) is 15.2. The van der Waals surface area contributed by atoms with Crippen molar-refractivity contribution in [3.8, 4) is 68.3 Å². The molecule has 9 aromatic rings. The Bertz CT molecular complexity index is 3000. The van der Waals surface area contributed by atoms with E-state index in [4.69, 9.17) is 15.0 Å². The summed E-state index contributed by atoms with van der Waals surface area (Å²) < 4.78 is 0. The van der Waals surface area contributed by atoms with Crippen molar-refractivity contribution < 1.29 is 0 Å². The molecule has 4 aromatic carbocycles. The first-order chi connectivity index (χ1) is 28.2. The SMILES string of the molecule is Cc1cc(C)c(-c2ccc3ccc4cc(C#Cc5ccc(-c6cc(-c7ccccn7)nc(-c7ccccn7)c6)cc5)c(-c5c(C)cc(C)cc5C)nc4c3n2)c(C)c1. The molecule has 0 saturated carbocycles. The lowest BCUT2D eigenvalue weighted by Gasteiger charge is -2.15. The molecular formula is C53H41N5. The van der Waals surface area contributed by atoms with Gasteiger partial charge >= 0.3 is 0 Å². The summed E-state index contributed by atoms with van der Waals surface area (Å²) in [6, 6.07) is 44.0. The fourth-order valence-corrected chi connectivity index (χ4v) is 8.26. The van der Waals surface area contributed by atoms with E-state index in [-0.39, 0.29) is 0 Å². The number of hydrogen-bond donors (Lipinski definition) is 0. The lowest BCUT2D eigenvalue weighted by molar-refractivity contribution is 1.22. The zero-order valence-corrected chi connectivity index (χ0v) is 33.5. The third-order valence-electron chi connectivity index (χ3n) is 10.7. The van der Waals surface area contributed by atoms with E-state index in [0.717, 1.165) is 83.8 Å². The molecule has 0 aliphatic rings. The van der Waals surface area contributed by atoms with Gasteiger partial charge in [0.1, 0.15) is 0 Å². The lowest BCUT2D eigenvalue weighted by Crippen LogP contribution is -1.99. The molecule has 0 spiro atoms. The van der Waals surface area contributed by atoms with Gasteiger partial charge < -0.3 is 0 Å². The van der Waals surface area contributed by atoms with Crippen LogP contribution in [0.15, 0.2) is 140 Å². The Labute approximate surface area is 339 Å². The van der Waals surface area contributed by atoms with Crippen LogP contribution in [-0.2, 0) is 0 Å². The van der Waals surface area contributed by atoms with Crippen molar-refractivity contribution in [2.24, 2.45) is 0 Å². The van der Waals surface area contributed by atoms with Gasteiger partial charge in [0.25, 0.3) is 0 Å². The summed E-state index contributed by atoms with van der Waals surface area (Å²) in [6.07, 6.45) is 3.58. The molecule has 0 aliphatic heterocycles.